The van der Waals surface area contributed by atoms with E-state index in [2.05, 4.69) is 26.8 Å². The van der Waals surface area contributed by atoms with E-state index in [1.165, 1.54) is 29.5 Å². The molecule has 0 atom stereocenters. The Kier molecular flexibility index (Phi) is 5.89. The van der Waals surface area contributed by atoms with Crippen LogP contribution in [0.25, 0.3) is 22.1 Å². The van der Waals surface area contributed by atoms with Gasteiger partial charge in [-0.1, -0.05) is 37.4 Å². The van der Waals surface area contributed by atoms with Crippen LogP contribution in [0.2, 0.25) is 5.02 Å². The van der Waals surface area contributed by atoms with Crippen molar-refractivity contribution in [2.75, 3.05) is 0 Å². The van der Waals surface area contributed by atoms with Crippen LogP contribution >= 0.6 is 22.9 Å². The summed E-state index contributed by atoms with van der Waals surface area (Å²) >= 11 is 7.58. The maximum Gasteiger partial charge on any atom is 0.251 e. The number of amides is 1. The summed E-state index contributed by atoms with van der Waals surface area (Å²) in [6, 6.07) is 4.31. The van der Waals surface area contributed by atoms with E-state index >= 15 is 4.39 Å². The highest BCUT2D eigenvalue weighted by Crippen LogP contribution is 2.34. The lowest BCUT2D eigenvalue weighted by Gasteiger charge is -2.21. The van der Waals surface area contributed by atoms with Crippen molar-refractivity contribution in [1.29, 1.82) is 0 Å². The van der Waals surface area contributed by atoms with Gasteiger partial charge < -0.3 is 10.7 Å². The van der Waals surface area contributed by atoms with Crippen molar-refractivity contribution in [2.45, 2.75) is 33.1 Å². The zero-order valence-corrected chi connectivity index (χ0v) is 19.0. The summed E-state index contributed by atoms with van der Waals surface area (Å²) in [4.78, 5) is 35.4. The van der Waals surface area contributed by atoms with Gasteiger partial charge in [0.2, 0.25) is 5.91 Å². The highest BCUT2D eigenvalue weighted by atomic mass is 35.5. The van der Waals surface area contributed by atoms with Crippen molar-refractivity contribution in [3.8, 4) is 33.9 Å². The molecule has 32 heavy (non-hydrogen) atoms. The molecule has 2 aromatic heterocycles. The number of nitrogens with two attached hydrogens (primary N) is 1. The molecule has 6 nitrogen and oxygen atoms in total. The number of rotatable bonds is 5. The second-order valence-electron chi connectivity index (χ2n) is 8.38. The number of primary amides is 1. The van der Waals surface area contributed by atoms with Gasteiger partial charge in [-0.05, 0) is 36.8 Å². The molecule has 1 aromatic carbocycles. The van der Waals surface area contributed by atoms with Crippen molar-refractivity contribution in [1.82, 2.24) is 15.0 Å². The first-order valence-corrected chi connectivity index (χ1v) is 11.3. The van der Waals surface area contributed by atoms with Gasteiger partial charge in [0, 0.05) is 22.8 Å². The topological polar surface area (TPSA) is 102 Å². The van der Waals surface area contributed by atoms with Crippen LogP contribution < -0.4 is 11.3 Å². The third kappa shape index (κ3) is 4.74. The Hall–Kier alpha value is -3.02. The van der Waals surface area contributed by atoms with Gasteiger partial charge in [0.1, 0.15) is 28.0 Å². The van der Waals surface area contributed by atoms with Gasteiger partial charge in [0.05, 0.1) is 10.6 Å². The first-order chi connectivity index (χ1) is 15.1. The summed E-state index contributed by atoms with van der Waals surface area (Å²) in [6.07, 6.45) is 2.30. The van der Waals surface area contributed by atoms with Crippen molar-refractivity contribution in [3.05, 3.63) is 56.0 Å². The first-order valence-electron chi connectivity index (χ1n) is 10.00. The minimum absolute atomic E-state index is 0.0189. The van der Waals surface area contributed by atoms with E-state index in [1.807, 2.05) is 0 Å². The lowest BCUT2D eigenvalue weighted by atomic mass is 9.84. The molecular weight excluding hydrogens is 451 g/mol. The molecule has 1 aliphatic rings. The summed E-state index contributed by atoms with van der Waals surface area (Å²) < 4.78 is 15.4. The fourth-order valence-electron chi connectivity index (χ4n) is 3.05. The summed E-state index contributed by atoms with van der Waals surface area (Å²) in [7, 11) is 0. The standard InChI is InChI=1S/C23H20ClFN4O2S/c1-23(2,22(26)31)10-13-6-8-15(24)18(19(13)25)20-28-16(9-17(30)29-20)21-27-14(11-32-21)7-5-12-3-4-12/h6,8-9,11-12H,3-4,10H2,1-2H3,(H2,26,31)(H,28,29,30). The fraction of sp³-hybridized carbons (Fsp3) is 0.304. The Labute approximate surface area is 193 Å². The van der Waals surface area contributed by atoms with E-state index in [0.29, 0.717) is 22.3 Å². The summed E-state index contributed by atoms with van der Waals surface area (Å²) in [5, 5.41) is 2.38. The Morgan fingerprint density at radius 3 is 2.81 bits per heavy atom. The SMILES string of the molecule is CC(C)(Cc1ccc(Cl)c(-c2nc(-c3nc(C#CC4CC4)cs3)cc(=O)[nH]2)c1F)C(N)=O. The van der Waals surface area contributed by atoms with Crippen LogP contribution in [0.5, 0.6) is 0 Å². The molecule has 1 saturated carbocycles. The molecule has 4 rings (SSSR count). The van der Waals surface area contributed by atoms with Crippen LogP contribution in [-0.4, -0.2) is 20.9 Å². The van der Waals surface area contributed by atoms with Gasteiger partial charge in [0.15, 0.2) is 0 Å². The number of aromatic nitrogens is 3. The number of benzene rings is 1. The van der Waals surface area contributed by atoms with Gasteiger partial charge >= 0.3 is 0 Å². The molecule has 0 bridgehead atoms. The molecule has 0 unspecified atom stereocenters. The average molecular weight is 471 g/mol. The molecular formula is C23H20ClFN4O2S. The molecule has 9 heteroatoms. The molecule has 164 valence electrons. The monoisotopic (exact) mass is 470 g/mol. The highest BCUT2D eigenvalue weighted by molar-refractivity contribution is 7.13. The van der Waals surface area contributed by atoms with Gasteiger partial charge in [-0.15, -0.1) is 11.3 Å². The van der Waals surface area contributed by atoms with Crippen molar-refractivity contribution < 1.29 is 9.18 Å². The van der Waals surface area contributed by atoms with Crippen LogP contribution in [-0.2, 0) is 11.2 Å². The number of nitrogens with one attached hydrogen (secondary N) is 1. The van der Waals surface area contributed by atoms with Crippen molar-refractivity contribution in [3.63, 3.8) is 0 Å². The molecule has 1 aliphatic carbocycles. The van der Waals surface area contributed by atoms with Crippen LogP contribution in [0, 0.1) is 29.0 Å². The number of hydrogen-bond acceptors (Lipinski definition) is 5. The highest BCUT2D eigenvalue weighted by Gasteiger charge is 2.28. The lowest BCUT2D eigenvalue weighted by Crippen LogP contribution is -2.33. The quantitative estimate of drug-likeness (QED) is 0.546. The van der Waals surface area contributed by atoms with Crippen molar-refractivity contribution >= 4 is 28.8 Å². The number of thiazole rings is 1. The van der Waals surface area contributed by atoms with Crippen LogP contribution in [0.1, 0.15) is 37.9 Å². The van der Waals surface area contributed by atoms with E-state index < -0.39 is 22.7 Å². The molecule has 2 heterocycles. The number of hydrogen-bond donors (Lipinski definition) is 2. The number of nitrogens with zero attached hydrogens (tertiary/aromatic N) is 2. The first kappa shape index (κ1) is 22.2. The Bertz CT molecular complexity index is 1330. The van der Waals surface area contributed by atoms with Crippen molar-refractivity contribution in [2.24, 2.45) is 17.1 Å². The zero-order chi connectivity index (χ0) is 23.0. The predicted molar refractivity (Wildman–Crippen MR) is 123 cm³/mol. The summed E-state index contributed by atoms with van der Waals surface area (Å²) in [5.41, 5.74) is 5.10. The average Bonchev–Trinajstić information content (AvgIpc) is 3.43. The van der Waals surface area contributed by atoms with Gasteiger partial charge in [0.25, 0.3) is 5.56 Å². The second kappa shape index (κ2) is 8.49. The number of halogens is 2. The Balaban J connectivity index is 1.74. The minimum atomic E-state index is -0.965. The summed E-state index contributed by atoms with van der Waals surface area (Å²) in [6.45, 7) is 3.27. The maximum absolute atomic E-state index is 15.4. The van der Waals surface area contributed by atoms with Crippen LogP contribution in [0.4, 0.5) is 4.39 Å². The summed E-state index contributed by atoms with van der Waals surface area (Å²) in [5.74, 6) is 5.38. The third-order valence-electron chi connectivity index (χ3n) is 5.15. The van der Waals surface area contributed by atoms with E-state index in [9.17, 15) is 9.59 Å². The lowest BCUT2D eigenvalue weighted by molar-refractivity contribution is -0.125. The molecule has 0 aliphatic heterocycles. The van der Waals surface area contributed by atoms with Crippen LogP contribution in [0.15, 0.2) is 28.4 Å². The molecule has 3 N–H and O–H groups in total. The van der Waals surface area contributed by atoms with Crippen LogP contribution in [0.3, 0.4) is 0 Å². The van der Waals surface area contributed by atoms with E-state index in [1.54, 1.807) is 19.2 Å². The number of carbonyl (C=O) groups excluding carboxylic acids is 1. The molecule has 1 fully saturated rings. The molecule has 3 aromatic rings. The second-order valence-corrected chi connectivity index (χ2v) is 9.65. The molecule has 0 radical (unpaired) electrons. The Morgan fingerprint density at radius 1 is 1.38 bits per heavy atom. The maximum atomic E-state index is 15.4. The Morgan fingerprint density at radius 2 is 2.12 bits per heavy atom. The number of H-pyrrole nitrogens is 1. The number of aromatic amines is 1. The van der Waals surface area contributed by atoms with E-state index in [0.717, 1.165) is 12.8 Å². The molecule has 0 spiro atoms. The van der Waals surface area contributed by atoms with E-state index in [4.69, 9.17) is 17.3 Å². The minimum Gasteiger partial charge on any atom is -0.369 e. The van der Waals surface area contributed by atoms with Gasteiger partial charge in [-0.25, -0.2) is 14.4 Å². The third-order valence-corrected chi connectivity index (χ3v) is 6.33. The number of carbonyl (C=O) groups is 1. The smallest absolute Gasteiger partial charge is 0.251 e. The predicted octanol–water partition coefficient (Wildman–Crippen LogP) is 4.17. The molecule has 0 saturated heterocycles. The van der Waals surface area contributed by atoms with Gasteiger partial charge in [-0.2, -0.15) is 0 Å². The zero-order valence-electron chi connectivity index (χ0n) is 17.5. The van der Waals surface area contributed by atoms with E-state index in [-0.39, 0.29) is 28.4 Å². The fourth-order valence-corrected chi connectivity index (χ4v) is 4.00. The normalized spacial score (nSPS) is 13.5. The molecule has 1 amide bonds. The largest absolute Gasteiger partial charge is 0.369 e. The van der Waals surface area contributed by atoms with Gasteiger partial charge in [-0.3, -0.25) is 9.59 Å².